The van der Waals surface area contributed by atoms with E-state index in [1.807, 2.05) is 6.92 Å². The van der Waals surface area contributed by atoms with Gasteiger partial charge in [0.1, 0.15) is 0 Å². The highest BCUT2D eigenvalue weighted by Crippen LogP contribution is 2.36. The molecule has 0 unspecified atom stereocenters. The Morgan fingerprint density at radius 3 is 2.19 bits per heavy atom. The molecule has 1 atom stereocenters. The van der Waals surface area contributed by atoms with Gasteiger partial charge in [-0.1, -0.05) is 39.3 Å². The number of hydrogen-bond donors (Lipinski definition) is 1. The van der Waals surface area contributed by atoms with E-state index in [1.54, 1.807) is 0 Å². The summed E-state index contributed by atoms with van der Waals surface area (Å²) in [7, 11) is -1.60. The lowest BCUT2D eigenvalue weighted by Crippen LogP contribution is -2.40. The van der Waals surface area contributed by atoms with Crippen LogP contribution in [0.15, 0.2) is 11.6 Å². The molecule has 0 aliphatic rings. The third-order valence-corrected chi connectivity index (χ3v) is 8.09. The van der Waals surface area contributed by atoms with Gasteiger partial charge in [0, 0.05) is 6.04 Å². The standard InChI is InChI=1S/C13H29NOSi/c1-8-12(11(2)14)9-10-15-16(6,7)13(3,4)5/h9,11H,8,10,14H2,1-7H3/t11-/m0/s1. The molecule has 0 bridgehead atoms. The maximum absolute atomic E-state index is 6.08. The highest BCUT2D eigenvalue weighted by Gasteiger charge is 2.36. The topological polar surface area (TPSA) is 35.2 Å². The summed E-state index contributed by atoms with van der Waals surface area (Å²) in [6, 6.07) is 0.146. The predicted octanol–water partition coefficient (Wildman–Crippen LogP) is 3.69. The van der Waals surface area contributed by atoms with Gasteiger partial charge in [-0.15, -0.1) is 0 Å². The SMILES string of the molecule is CCC(=CCO[Si](C)(C)C(C)(C)C)[C@H](C)N. The van der Waals surface area contributed by atoms with Crippen molar-refractivity contribution in [3.05, 3.63) is 11.6 Å². The summed E-state index contributed by atoms with van der Waals surface area (Å²) in [5, 5.41) is 0.279. The van der Waals surface area contributed by atoms with Crippen molar-refractivity contribution in [1.29, 1.82) is 0 Å². The van der Waals surface area contributed by atoms with Crippen molar-refractivity contribution in [1.82, 2.24) is 0 Å². The molecule has 96 valence electrons. The van der Waals surface area contributed by atoms with E-state index in [-0.39, 0.29) is 11.1 Å². The molecule has 0 aromatic heterocycles. The highest BCUT2D eigenvalue weighted by molar-refractivity contribution is 6.74. The van der Waals surface area contributed by atoms with Crippen LogP contribution in [0.5, 0.6) is 0 Å². The van der Waals surface area contributed by atoms with Crippen molar-refractivity contribution >= 4 is 8.32 Å². The largest absolute Gasteiger partial charge is 0.413 e. The van der Waals surface area contributed by atoms with Gasteiger partial charge in [-0.05, 0) is 31.5 Å². The van der Waals surface area contributed by atoms with E-state index in [9.17, 15) is 0 Å². The Kier molecular flexibility index (Phi) is 5.94. The number of hydrogen-bond acceptors (Lipinski definition) is 2. The minimum absolute atomic E-state index is 0.146. The van der Waals surface area contributed by atoms with Crippen LogP contribution >= 0.6 is 0 Å². The fourth-order valence-electron chi connectivity index (χ4n) is 1.23. The first kappa shape index (κ1) is 15.9. The van der Waals surface area contributed by atoms with Crippen LogP contribution in [0.3, 0.4) is 0 Å². The quantitative estimate of drug-likeness (QED) is 0.590. The van der Waals surface area contributed by atoms with E-state index in [0.29, 0.717) is 6.61 Å². The van der Waals surface area contributed by atoms with Crippen molar-refractivity contribution in [2.24, 2.45) is 5.73 Å². The van der Waals surface area contributed by atoms with Crippen molar-refractivity contribution in [3.63, 3.8) is 0 Å². The molecular formula is C13H29NOSi. The monoisotopic (exact) mass is 243 g/mol. The van der Waals surface area contributed by atoms with Crippen LogP contribution in [0, 0.1) is 0 Å². The van der Waals surface area contributed by atoms with Gasteiger partial charge in [0.2, 0.25) is 0 Å². The van der Waals surface area contributed by atoms with Crippen molar-refractivity contribution < 1.29 is 4.43 Å². The van der Waals surface area contributed by atoms with E-state index in [4.69, 9.17) is 10.2 Å². The summed E-state index contributed by atoms with van der Waals surface area (Å²) >= 11 is 0. The first-order valence-corrected chi connectivity index (χ1v) is 9.11. The summed E-state index contributed by atoms with van der Waals surface area (Å²) in [6.45, 7) is 16.2. The molecule has 0 aromatic rings. The van der Waals surface area contributed by atoms with Crippen molar-refractivity contribution in [2.75, 3.05) is 6.61 Å². The second kappa shape index (κ2) is 5.99. The Morgan fingerprint density at radius 2 is 1.88 bits per heavy atom. The molecule has 0 fully saturated rings. The van der Waals surface area contributed by atoms with Gasteiger partial charge in [0.25, 0.3) is 0 Å². The van der Waals surface area contributed by atoms with E-state index >= 15 is 0 Å². The fourth-order valence-corrected chi connectivity index (χ4v) is 2.16. The summed E-state index contributed by atoms with van der Waals surface area (Å²) in [6.07, 6.45) is 3.17. The molecule has 0 spiro atoms. The first-order chi connectivity index (χ1) is 7.12. The molecule has 0 aliphatic carbocycles. The zero-order valence-electron chi connectivity index (χ0n) is 12.1. The minimum atomic E-state index is -1.60. The van der Waals surface area contributed by atoms with Crippen LogP contribution in [-0.4, -0.2) is 21.0 Å². The molecule has 16 heavy (non-hydrogen) atoms. The molecule has 0 heterocycles. The molecule has 0 rings (SSSR count). The summed E-state index contributed by atoms with van der Waals surface area (Å²) in [5.41, 5.74) is 7.16. The Labute approximate surface area is 102 Å². The maximum atomic E-state index is 6.08. The molecule has 2 nitrogen and oxygen atoms in total. The Hall–Kier alpha value is -0.123. The average Bonchev–Trinajstić information content (AvgIpc) is 2.09. The summed E-state index contributed by atoms with van der Waals surface area (Å²) in [4.78, 5) is 0. The molecular weight excluding hydrogens is 214 g/mol. The predicted molar refractivity (Wildman–Crippen MR) is 75.2 cm³/mol. The van der Waals surface area contributed by atoms with Gasteiger partial charge >= 0.3 is 0 Å². The second-order valence-electron chi connectivity index (χ2n) is 5.99. The van der Waals surface area contributed by atoms with Crippen LogP contribution in [0.2, 0.25) is 18.1 Å². The minimum Gasteiger partial charge on any atom is -0.413 e. The summed E-state index contributed by atoms with van der Waals surface area (Å²) in [5.74, 6) is 0. The molecule has 0 amide bonds. The zero-order valence-corrected chi connectivity index (χ0v) is 13.1. The molecule has 3 heteroatoms. The van der Waals surface area contributed by atoms with Gasteiger partial charge in [-0.3, -0.25) is 0 Å². The van der Waals surface area contributed by atoms with Gasteiger partial charge < -0.3 is 10.2 Å². The number of nitrogens with two attached hydrogens (primary N) is 1. The summed E-state index contributed by atoms with van der Waals surface area (Å²) < 4.78 is 6.08. The third-order valence-electron chi connectivity index (χ3n) is 3.59. The van der Waals surface area contributed by atoms with Gasteiger partial charge in [0.15, 0.2) is 8.32 Å². The van der Waals surface area contributed by atoms with E-state index in [2.05, 4.69) is 46.9 Å². The van der Waals surface area contributed by atoms with Gasteiger partial charge in [-0.2, -0.15) is 0 Å². The lowest BCUT2D eigenvalue weighted by molar-refractivity contribution is 0.326. The average molecular weight is 243 g/mol. The normalized spacial score (nSPS) is 16.4. The highest BCUT2D eigenvalue weighted by atomic mass is 28.4. The maximum Gasteiger partial charge on any atom is 0.192 e. The lowest BCUT2D eigenvalue weighted by Gasteiger charge is -2.35. The first-order valence-electron chi connectivity index (χ1n) is 6.20. The second-order valence-corrected chi connectivity index (χ2v) is 10.8. The van der Waals surface area contributed by atoms with Crippen molar-refractivity contribution in [3.8, 4) is 0 Å². The van der Waals surface area contributed by atoms with Gasteiger partial charge in [-0.25, -0.2) is 0 Å². The molecule has 0 saturated carbocycles. The molecule has 0 saturated heterocycles. The third kappa shape index (κ3) is 4.81. The van der Waals surface area contributed by atoms with Crippen LogP contribution < -0.4 is 5.73 Å². The van der Waals surface area contributed by atoms with Crippen molar-refractivity contribution in [2.45, 2.75) is 65.2 Å². The van der Waals surface area contributed by atoms with E-state index in [1.165, 1.54) is 5.57 Å². The Balaban J connectivity index is 4.36. The molecule has 0 aromatic carbocycles. The zero-order chi connectivity index (χ0) is 13.0. The van der Waals surface area contributed by atoms with Crippen LogP contribution in [0.1, 0.15) is 41.0 Å². The van der Waals surface area contributed by atoms with Crippen LogP contribution in [0.25, 0.3) is 0 Å². The molecule has 0 radical (unpaired) electrons. The lowest BCUT2D eigenvalue weighted by atomic mass is 10.1. The number of rotatable bonds is 5. The Morgan fingerprint density at radius 1 is 1.38 bits per heavy atom. The smallest absolute Gasteiger partial charge is 0.192 e. The molecule has 0 aliphatic heterocycles. The van der Waals surface area contributed by atoms with E-state index < -0.39 is 8.32 Å². The fraction of sp³-hybridized carbons (Fsp3) is 0.846. The van der Waals surface area contributed by atoms with E-state index in [0.717, 1.165) is 6.42 Å². The van der Waals surface area contributed by atoms with Crippen LogP contribution in [-0.2, 0) is 4.43 Å². The van der Waals surface area contributed by atoms with Crippen LogP contribution in [0.4, 0.5) is 0 Å². The Bertz CT molecular complexity index is 239. The molecule has 2 N–H and O–H groups in total. The van der Waals surface area contributed by atoms with Gasteiger partial charge in [0.05, 0.1) is 6.61 Å².